The fourth-order valence-electron chi connectivity index (χ4n) is 1.88. The Morgan fingerprint density at radius 2 is 1.63 bits per heavy atom. The minimum Gasteiger partial charge on any atom is -0.493 e. The summed E-state index contributed by atoms with van der Waals surface area (Å²) in [5.74, 6) is -1.31. The second kappa shape index (κ2) is 13.9. The molecule has 0 unspecified atom stereocenters. The lowest BCUT2D eigenvalue weighted by Crippen LogP contribution is -2.26. The van der Waals surface area contributed by atoms with E-state index in [1.165, 1.54) is 17.9 Å². The summed E-state index contributed by atoms with van der Waals surface area (Å²) in [6.45, 7) is 2.32. The van der Waals surface area contributed by atoms with Crippen LogP contribution in [0.1, 0.15) is 22.3 Å². The molecule has 13 heteroatoms. The zero-order valence-corrected chi connectivity index (χ0v) is 18.0. The molecule has 0 aliphatic rings. The maximum absolute atomic E-state index is 12.2. The first-order chi connectivity index (χ1) is 13.9. The molecule has 0 bridgehead atoms. The van der Waals surface area contributed by atoms with Crippen molar-refractivity contribution in [3.8, 4) is 11.5 Å². The second-order valence-corrected chi connectivity index (χ2v) is 8.02. The third-order valence-corrected chi connectivity index (χ3v) is 5.64. The molecule has 0 spiro atoms. The maximum atomic E-state index is 12.2. The smallest absolute Gasteiger partial charge is 0.490 e. The molecule has 0 saturated heterocycles. The molecule has 0 radical (unpaired) electrons. The van der Waals surface area contributed by atoms with Gasteiger partial charge in [0.1, 0.15) is 0 Å². The van der Waals surface area contributed by atoms with Crippen LogP contribution in [0.15, 0.2) is 12.1 Å². The number of benzene rings is 1. The highest BCUT2D eigenvalue weighted by Crippen LogP contribution is 2.32. The largest absolute Gasteiger partial charge is 0.493 e. The molecule has 1 aromatic carbocycles. The van der Waals surface area contributed by atoms with E-state index in [2.05, 4.69) is 5.32 Å². The van der Waals surface area contributed by atoms with Crippen LogP contribution in [-0.2, 0) is 9.59 Å². The highest BCUT2D eigenvalue weighted by Gasteiger charge is 2.38. The van der Waals surface area contributed by atoms with Gasteiger partial charge >= 0.3 is 18.1 Å². The summed E-state index contributed by atoms with van der Waals surface area (Å²) >= 11 is 0. The van der Waals surface area contributed by atoms with Gasteiger partial charge in [-0.3, -0.25) is 9.59 Å². The third-order valence-electron chi connectivity index (χ3n) is 3.23. The first-order valence-electron chi connectivity index (χ1n) is 8.21. The molecule has 0 aromatic heterocycles. The van der Waals surface area contributed by atoms with Crippen molar-refractivity contribution >= 4 is 39.4 Å². The minimum atomic E-state index is -5.08. The van der Waals surface area contributed by atoms with Gasteiger partial charge in [0.05, 0.1) is 20.6 Å². The number of amides is 1. The van der Waals surface area contributed by atoms with Crippen LogP contribution in [0.5, 0.6) is 11.5 Å². The van der Waals surface area contributed by atoms with Crippen LogP contribution >= 0.6 is 21.6 Å². The third kappa shape index (κ3) is 10.5. The van der Waals surface area contributed by atoms with Crippen LogP contribution in [0.25, 0.3) is 0 Å². The van der Waals surface area contributed by atoms with Gasteiger partial charge in [-0.25, -0.2) is 4.79 Å². The maximum Gasteiger partial charge on any atom is 0.490 e. The molecule has 0 fully saturated rings. The number of carboxylic acids is 2. The molecular weight excluding hydrogens is 451 g/mol. The van der Waals surface area contributed by atoms with Crippen molar-refractivity contribution in [2.24, 2.45) is 0 Å². The van der Waals surface area contributed by atoms with Gasteiger partial charge in [-0.2, -0.15) is 13.2 Å². The number of carbonyl (C=O) groups is 3. The molecule has 170 valence electrons. The predicted molar refractivity (Wildman–Crippen MR) is 107 cm³/mol. The summed E-state index contributed by atoms with van der Waals surface area (Å²) in [6, 6.07) is 3.41. The average molecular weight is 473 g/mol. The van der Waals surface area contributed by atoms with E-state index in [0.717, 1.165) is 5.56 Å². The van der Waals surface area contributed by atoms with Crippen LogP contribution in [-0.4, -0.2) is 66.5 Å². The molecule has 0 atom stereocenters. The number of ether oxygens (including phenoxy) is 2. The summed E-state index contributed by atoms with van der Waals surface area (Å²) in [5.41, 5.74) is 1.28. The molecular formula is C17H22F3NO7S2. The zero-order valence-electron chi connectivity index (χ0n) is 16.4. The van der Waals surface area contributed by atoms with Crippen molar-refractivity contribution in [1.82, 2.24) is 5.32 Å². The lowest BCUT2D eigenvalue weighted by Gasteiger charge is -2.14. The Hall–Kier alpha value is -2.28. The Balaban J connectivity index is 0.00000103. The van der Waals surface area contributed by atoms with Crippen molar-refractivity contribution in [3.05, 3.63) is 23.3 Å². The number of hydrogen-bond donors (Lipinski definition) is 3. The fraction of sp³-hybridized carbons (Fsp3) is 0.471. The van der Waals surface area contributed by atoms with E-state index in [4.69, 9.17) is 24.5 Å². The standard InChI is InChI=1S/C15H21NO5S2.C2HF3O2/c1-10-11(4-5-12(20-2)14(10)21-3)15(19)16-7-9-23-22-8-6-13(17)18;3-2(4,5)1(6)7/h4-5H,6-9H2,1-3H3,(H,16,19)(H,17,18);(H,6,7). The van der Waals surface area contributed by atoms with Gasteiger partial charge in [0.15, 0.2) is 11.5 Å². The van der Waals surface area contributed by atoms with Crippen LogP contribution in [0, 0.1) is 6.92 Å². The Morgan fingerprint density at radius 1 is 1.07 bits per heavy atom. The Bertz CT molecular complexity index is 730. The first kappa shape index (κ1) is 27.7. The summed E-state index contributed by atoms with van der Waals surface area (Å²) in [6.07, 6.45) is -4.94. The molecule has 0 saturated carbocycles. The Morgan fingerprint density at radius 3 is 2.10 bits per heavy atom. The first-order valence-corrected chi connectivity index (χ1v) is 10.7. The summed E-state index contributed by atoms with van der Waals surface area (Å²) in [5, 5.41) is 18.5. The number of nitrogens with one attached hydrogen (secondary N) is 1. The minimum absolute atomic E-state index is 0.148. The number of carboxylic acid groups (broad SMARTS) is 2. The van der Waals surface area contributed by atoms with Crippen molar-refractivity contribution in [1.29, 1.82) is 0 Å². The van der Waals surface area contributed by atoms with Gasteiger partial charge in [0.25, 0.3) is 5.91 Å². The lowest BCUT2D eigenvalue weighted by atomic mass is 10.1. The van der Waals surface area contributed by atoms with Crippen molar-refractivity contribution in [2.75, 3.05) is 32.3 Å². The summed E-state index contributed by atoms with van der Waals surface area (Å²) in [7, 11) is 6.13. The van der Waals surface area contributed by atoms with E-state index in [1.54, 1.807) is 30.0 Å². The van der Waals surface area contributed by atoms with Gasteiger partial charge in [-0.1, -0.05) is 21.6 Å². The molecule has 0 aliphatic carbocycles. The lowest BCUT2D eigenvalue weighted by molar-refractivity contribution is -0.192. The van der Waals surface area contributed by atoms with Gasteiger partial charge in [-0.05, 0) is 19.1 Å². The molecule has 1 aromatic rings. The van der Waals surface area contributed by atoms with Crippen LogP contribution in [0.4, 0.5) is 13.2 Å². The van der Waals surface area contributed by atoms with Crippen molar-refractivity contribution in [3.63, 3.8) is 0 Å². The number of halogens is 3. The number of rotatable bonds is 10. The van der Waals surface area contributed by atoms with Gasteiger partial charge in [0.2, 0.25) is 0 Å². The SMILES string of the molecule is COc1ccc(C(=O)NCCSSCCC(=O)O)c(C)c1OC.O=C(O)C(F)(F)F. The molecule has 8 nitrogen and oxygen atoms in total. The Kier molecular flexibility index (Phi) is 12.8. The quantitative estimate of drug-likeness (QED) is 0.347. The second-order valence-electron chi connectivity index (χ2n) is 5.32. The number of alkyl halides is 3. The highest BCUT2D eigenvalue weighted by atomic mass is 33.1. The van der Waals surface area contributed by atoms with E-state index in [-0.39, 0.29) is 12.3 Å². The molecule has 1 rings (SSSR count). The molecule has 3 N–H and O–H groups in total. The zero-order chi connectivity index (χ0) is 23.3. The predicted octanol–water partition coefficient (Wildman–Crippen LogP) is 3.23. The van der Waals surface area contributed by atoms with Crippen molar-refractivity contribution in [2.45, 2.75) is 19.5 Å². The van der Waals surface area contributed by atoms with E-state index < -0.39 is 18.1 Å². The normalized spacial score (nSPS) is 10.5. The van der Waals surface area contributed by atoms with E-state index in [0.29, 0.717) is 35.1 Å². The molecule has 30 heavy (non-hydrogen) atoms. The van der Waals surface area contributed by atoms with Gasteiger partial charge < -0.3 is 25.0 Å². The van der Waals surface area contributed by atoms with E-state index in [9.17, 15) is 22.8 Å². The van der Waals surface area contributed by atoms with Crippen LogP contribution in [0.2, 0.25) is 0 Å². The summed E-state index contributed by atoms with van der Waals surface area (Å²) < 4.78 is 42.2. The van der Waals surface area contributed by atoms with Gasteiger partial charge in [0, 0.05) is 29.2 Å². The monoisotopic (exact) mass is 473 g/mol. The van der Waals surface area contributed by atoms with Crippen LogP contribution in [0.3, 0.4) is 0 Å². The van der Waals surface area contributed by atoms with E-state index >= 15 is 0 Å². The topological polar surface area (TPSA) is 122 Å². The highest BCUT2D eigenvalue weighted by molar-refractivity contribution is 8.76. The molecule has 0 aliphatic heterocycles. The van der Waals surface area contributed by atoms with Crippen LogP contribution < -0.4 is 14.8 Å². The Labute approximate surface area is 178 Å². The van der Waals surface area contributed by atoms with Crippen molar-refractivity contribution < 1.29 is 47.2 Å². The molecule has 1 amide bonds. The number of hydrogen-bond acceptors (Lipinski definition) is 7. The van der Waals surface area contributed by atoms with Gasteiger partial charge in [-0.15, -0.1) is 0 Å². The van der Waals surface area contributed by atoms with E-state index in [1.807, 2.05) is 6.92 Å². The number of aliphatic carboxylic acids is 2. The number of methoxy groups -OCH3 is 2. The fourth-order valence-corrected chi connectivity index (χ4v) is 3.76. The average Bonchev–Trinajstić information content (AvgIpc) is 2.66. The molecule has 0 heterocycles. The summed E-state index contributed by atoms with van der Waals surface area (Å²) in [4.78, 5) is 31.5. The number of carbonyl (C=O) groups excluding carboxylic acids is 1.